The van der Waals surface area contributed by atoms with Crippen molar-refractivity contribution >= 4 is 5.96 Å². The van der Waals surface area contributed by atoms with Gasteiger partial charge in [0.2, 0.25) is 0 Å². The molecule has 0 aliphatic heterocycles. The van der Waals surface area contributed by atoms with Crippen LogP contribution in [0.25, 0.3) is 0 Å². The van der Waals surface area contributed by atoms with Crippen molar-refractivity contribution in [3.63, 3.8) is 0 Å². The third-order valence-electron chi connectivity index (χ3n) is 4.23. The molecule has 1 N–H and O–H groups in total. The number of nitrogens with zero attached hydrogens (tertiary/aromatic N) is 4. The summed E-state index contributed by atoms with van der Waals surface area (Å²) in [4.78, 5) is 11.2. The Labute approximate surface area is 151 Å². The van der Waals surface area contributed by atoms with E-state index in [1.54, 1.807) is 0 Å². The molecule has 0 amide bonds. The summed E-state index contributed by atoms with van der Waals surface area (Å²) in [5.74, 6) is 2.05. The van der Waals surface area contributed by atoms with Crippen molar-refractivity contribution in [2.45, 2.75) is 46.7 Å². The van der Waals surface area contributed by atoms with E-state index in [2.05, 4.69) is 64.9 Å². The number of unbranched alkanes of at least 4 members (excludes halogenated alkanes) is 1. The first-order valence-electron chi connectivity index (χ1n) is 9.13. The highest BCUT2D eigenvalue weighted by Crippen LogP contribution is 2.06. The lowest BCUT2D eigenvalue weighted by molar-refractivity contribution is 0.475. The Balaban J connectivity index is 1.82. The molecule has 0 saturated heterocycles. The molecule has 5 heteroatoms. The Morgan fingerprint density at radius 1 is 1.20 bits per heavy atom. The van der Waals surface area contributed by atoms with Crippen molar-refractivity contribution in [2.24, 2.45) is 4.99 Å². The molecule has 0 aliphatic rings. The Bertz CT molecular complexity index is 657. The number of aryl methyl sites for hydroxylation is 3. The molecular formula is C20H31N5. The summed E-state index contributed by atoms with van der Waals surface area (Å²) in [6, 6.07) is 8.68. The average molecular weight is 342 g/mol. The van der Waals surface area contributed by atoms with Gasteiger partial charge in [-0.15, -0.1) is 0 Å². The quantitative estimate of drug-likeness (QED) is 0.455. The maximum absolute atomic E-state index is 4.77. The van der Waals surface area contributed by atoms with Crippen LogP contribution in [0.5, 0.6) is 0 Å². The maximum Gasteiger partial charge on any atom is 0.193 e. The predicted octanol–water partition coefficient (Wildman–Crippen LogP) is 3.38. The smallest absolute Gasteiger partial charge is 0.193 e. The molecule has 2 rings (SSSR count). The molecule has 0 unspecified atom stereocenters. The lowest BCUT2D eigenvalue weighted by Crippen LogP contribution is -2.38. The fourth-order valence-electron chi connectivity index (χ4n) is 2.73. The van der Waals surface area contributed by atoms with Crippen LogP contribution in [0, 0.1) is 13.8 Å². The third-order valence-corrected chi connectivity index (χ3v) is 4.23. The highest BCUT2D eigenvalue weighted by molar-refractivity contribution is 5.79. The van der Waals surface area contributed by atoms with E-state index in [9.17, 15) is 0 Å². The van der Waals surface area contributed by atoms with Crippen LogP contribution >= 0.6 is 0 Å². The zero-order chi connectivity index (χ0) is 18.1. The SMILES string of the molecule is CCNC(=NCCCCn1ccnc1C)N(C)Cc1ccc(C)cc1. The van der Waals surface area contributed by atoms with E-state index in [0.717, 1.165) is 50.8 Å². The molecule has 0 fully saturated rings. The largest absolute Gasteiger partial charge is 0.357 e. The fourth-order valence-corrected chi connectivity index (χ4v) is 2.73. The number of hydrogen-bond donors (Lipinski definition) is 1. The summed E-state index contributed by atoms with van der Waals surface area (Å²) < 4.78 is 2.19. The van der Waals surface area contributed by atoms with E-state index >= 15 is 0 Å². The summed E-state index contributed by atoms with van der Waals surface area (Å²) in [6.07, 6.45) is 6.08. The van der Waals surface area contributed by atoms with Crippen molar-refractivity contribution in [3.8, 4) is 0 Å². The van der Waals surface area contributed by atoms with Gasteiger partial charge in [-0.05, 0) is 39.2 Å². The molecule has 1 aromatic heterocycles. The highest BCUT2D eigenvalue weighted by Gasteiger charge is 2.06. The van der Waals surface area contributed by atoms with E-state index < -0.39 is 0 Å². The van der Waals surface area contributed by atoms with Crippen LogP contribution in [0.1, 0.15) is 36.7 Å². The Morgan fingerprint density at radius 2 is 1.96 bits per heavy atom. The van der Waals surface area contributed by atoms with Crippen LogP contribution in [0.2, 0.25) is 0 Å². The van der Waals surface area contributed by atoms with E-state index in [0.29, 0.717) is 0 Å². The number of rotatable bonds is 8. The number of imidazole rings is 1. The Hall–Kier alpha value is -2.30. The summed E-state index contributed by atoms with van der Waals surface area (Å²) in [5, 5.41) is 3.39. The molecule has 0 saturated carbocycles. The van der Waals surface area contributed by atoms with Gasteiger partial charge < -0.3 is 14.8 Å². The third kappa shape index (κ3) is 6.25. The molecule has 5 nitrogen and oxygen atoms in total. The maximum atomic E-state index is 4.77. The van der Waals surface area contributed by atoms with Crippen molar-refractivity contribution < 1.29 is 0 Å². The zero-order valence-electron chi connectivity index (χ0n) is 16.0. The molecule has 2 aromatic rings. The molecule has 1 heterocycles. The van der Waals surface area contributed by atoms with E-state index in [4.69, 9.17) is 4.99 Å². The van der Waals surface area contributed by atoms with Crippen molar-refractivity contribution in [1.82, 2.24) is 19.8 Å². The topological polar surface area (TPSA) is 45.5 Å². The minimum absolute atomic E-state index is 0.842. The van der Waals surface area contributed by atoms with Gasteiger partial charge in [-0.3, -0.25) is 4.99 Å². The van der Waals surface area contributed by atoms with Gasteiger partial charge >= 0.3 is 0 Å². The van der Waals surface area contributed by atoms with Gasteiger partial charge in [0.15, 0.2) is 5.96 Å². The normalized spacial score (nSPS) is 11.6. The Morgan fingerprint density at radius 3 is 2.60 bits per heavy atom. The van der Waals surface area contributed by atoms with Gasteiger partial charge in [0, 0.05) is 45.6 Å². The molecule has 0 aliphatic carbocycles. The second-order valence-corrected chi connectivity index (χ2v) is 6.45. The fraction of sp³-hybridized carbons (Fsp3) is 0.500. The zero-order valence-corrected chi connectivity index (χ0v) is 16.0. The van der Waals surface area contributed by atoms with Gasteiger partial charge in [-0.25, -0.2) is 4.98 Å². The molecular weight excluding hydrogens is 310 g/mol. The van der Waals surface area contributed by atoms with Gasteiger partial charge in [-0.2, -0.15) is 0 Å². The predicted molar refractivity (Wildman–Crippen MR) is 105 cm³/mol. The monoisotopic (exact) mass is 341 g/mol. The van der Waals surface area contributed by atoms with Gasteiger partial charge in [-0.1, -0.05) is 29.8 Å². The molecule has 0 atom stereocenters. The summed E-state index contributed by atoms with van der Waals surface area (Å²) in [5.41, 5.74) is 2.59. The first-order valence-corrected chi connectivity index (χ1v) is 9.13. The standard InChI is InChI=1S/C20H31N5/c1-5-21-20(24(4)16-19-10-8-17(2)9-11-19)23-12-6-7-14-25-15-13-22-18(25)3/h8-11,13,15H,5-7,12,14,16H2,1-4H3,(H,21,23). The van der Waals surface area contributed by atoms with Crippen LogP contribution in [0.3, 0.4) is 0 Å². The summed E-state index contributed by atoms with van der Waals surface area (Å²) >= 11 is 0. The van der Waals surface area contributed by atoms with Gasteiger partial charge in [0.05, 0.1) is 0 Å². The minimum atomic E-state index is 0.842. The van der Waals surface area contributed by atoms with Crippen molar-refractivity contribution in [1.29, 1.82) is 0 Å². The molecule has 0 radical (unpaired) electrons. The molecule has 1 aromatic carbocycles. The number of hydrogen-bond acceptors (Lipinski definition) is 2. The molecule has 0 spiro atoms. The second-order valence-electron chi connectivity index (χ2n) is 6.45. The average Bonchev–Trinajstić information content (AvgIpc) is 3.00. The van der Waals surface area contributed by atoms with Gasteiger partial charge in [0.25, 0.3) is 0 Å². The molecule has 25 heavy (non-hydrogen) atoms. The van der Waals surface area contributed by atoms with Gasteiger partial charge in [0.1, 0.15) is 5.82 Å². The Kier molecular flexibility index (Phi) is 7.51. The molecule has 0 bridgehead atoms. The second kappa shape index (κ2) is 9.87. The van der Waals surface area contributed by atoms with Crippen LogP contribution in [0.15, 0.2) is 41.7 Å². The number of nitrogens with one attached hydrogen (secondary N) is 1. The summed E-state index contributed by atoms with van der Waals surface area (Å²) in [6.45, 7) is 9.86. The first kappa shape index (κ1) is 19.0. The highest BCUT2D eigenvalue weighted by atomic mass is 15.3. The van der Waals surface area contributed by atoms with Crippen LogP contribution < -0.4 is 5.32 Å². The van der Waals surface area contributed by atoms with Crippen molar-refractivity contribution in [3.05, 3.63) is 53.6 Å². The van der Waals surface area contributed by atoms with Crippen LogP contribution in [-0.4, -0.2) is 40.5 Å². The first-order chi connectivity index (χ1) is 12.1. The number of aromatic nitrogens is 2. The number of guanidine groups is 1. The van der Waals surface area contributed by atoms with Crippen molar-refractivity contribution in [2.75, 3.05) is 20.1 Å². The number of benzene rings is 1. The lowest BCUT2D eigenvalue weighted by Gasteiger charge is -2.22. The molecule has 136 valence electrons. The van der Waals surface area contributed by atoms with E-state index in [1.807, 2.05) is 19.3 Å². The van der Waals surface area contributed by atoms with E-state index in [-0.39, 0.29) is 0 Å². The number of aliphatic imine (C=N–C) groups is 1. The van der Waals surface area contributed by atoms with Crippen LogP contribution in [0.4, 0.5) is 0 Å². The summed E-state index contributed by atoms with van der Waals surface area (Å²) in [7, 11) is 2.09. The van der Waals surface area contributed by atoms with Crippen LogP contribution in [-0.2, 0) is 13.1 Å². The minimum Gasteiger partial charge on any atom is -0.357 e. The van der Waals surface area contributed by atoms with E-state index in [1.165, 1.54) is 11.1 Å². The lowest BCUT2D eigenvalue weighted by atomic mass is 10.1.